The lowest BCUT2D eigenvalue weighted by Crippen LogP contribution is -2.02. The first kappa shape index (κ1) is 8.39. The molecule has 0 aliphatic heterocycles. The third kappa shape index (κ3) is 1.47. The number of phenols is 1. The number of phenolic OH excluding ortho intramolecular Hbond substituents is 1. The topological polar surface area (TPSA) is 72.5 Å². The molecule has 0 aliphatic carbocycles. The van der Waals surface area contributed by atoms with Gasteiger partial charge in [-0.1, -0.05) is 0 Å². The zero-order valence-electron chi connectivity index (χ0n) is 6.57. The van der Waals surface area contributed by atoms with Crippen molar-refractivity contribution >= 4 is 11.7 Å². The predicted molar refractivity (Wildman–Crippen MR) is 43.9 cm³/mol. The van der Waals surface area contributed by atoms with Crippen molar-refractivity contribution in [2.24, 2.45) is 0 Å². The molecule has 4 nitrogen and oxygen atoms in total. The zero-order valence-corrected chi connectivity index (χ0v) is 6.57. The molecule has 0 unspecified atom stereocenters. The molecule has 1 aromatic rings. The van der Waals surface area contributed by atoms with E-state index < -0.39 is 5.97 Å². The Kier molecular flexibility index (Phi) is 2.19. The number of ether oxygens (including phenoxy) is 1. The standard InChI is InChI=1S/C8H9NO3/c1-12-8(11)6-4-5(9)2-3-7(6)10/h2-4,10H,9H2,1H3. The van der Waals surface area contributed by atoms with Crippen LogP contribution in [0, 0.1) is 0 Å². The summed E-state index contributed by atoms with van der Waals surface area (Å²) >= 11 is 0. The maximum atomic E-state index is 10.9. The van der Waals surface area contributed by atoms with Gasteiger partial charge in [0.05, 0.1) is 7.11 Å². The maximum absolute atomic E-state index is 10.9. The number of esters is 1. The summed E-state index contributed by atoms with van der Waals surface area (Å²) in [5, 5.41) is 9.18. The van der Waals surface area contributed by atoms with Crippen molar-refractivity contribution in [1.29, 1.82) is 0 Å². The Morgan fingerprint density at radius 2 is 2.25 bits per heavy atom. The number of anilines is 1. The largest absolute Gasteiger partial charge is 0.507 e. The van der Waals surface area contributed by atoms with Crippen LogP contribution in [-0.2, 0) is 4.74 Å². The molecule has 12 heavy (non-hydrogen) atoms. The second-order valence-electron chi connectivity index (χ2n) is 2.27. The minimum Gasteiger partial charge on any atom is -0.507 e. The fourth-order valence-corrected chi connectivity index (χ4v) is 0.827. The Labute approximate surface area is 69.6 Å². The van der Waals surface area contributed by atoms with Crippen molar-refractivity contribution in [3.05, 3.63) is 23.8 Å². The maximum Gasteiger partial charge on any atom is 0.341 e. The van der Waals surface area contributed by atoms with Gasteiger partial charge in [0.25, 0.3) is 0 Å². The number of carbonyl (C=O) groups excluding carboxylic acids is 1. The second-order valence-corrected chi connectivity index (χ2v) is 2.27. The molecule has 0 atom stereocenters. The summed E-state index contributed by atoms with van der Waals surface area (Å²) in [6.45, 7) is 0. The van der Waals surface area contributed by atoms with Crippen LogP contribution < -0.4 is 5.73 Å². The van der Waals surface area contributed by atoms with Crippen molar-refractivity contribution in [2.75, 3.05) is 12.8 Å². The minimum atomic E-state index is -0.597. The molecule has 0 aliphatic rings. The number of hydrogen-bond acceptors (Lipinski definition) is 4. The van der Waals surface area contributed by atoms with Gasteiger partial charge in [-0.3, -0.25) is 0 Å². The van der Waals surface area contributed by atoms with Gasteiger partial charge >= 0.3 is 5.97 Å². The minimum absolute atomic E-state index is 0.0810. The van der Waals surface area contributed by atoms with Gasteiger partial charge in [0.1, 0.15) is 11.3 Å². The molecule has 3 N–H and O–H groups in total. The lowest BCUT2D eigenvalue weighted by atomic mass is 10.2. The molecule has 0 spiro atoms. The highest BCUT2D eigenvalue weighted by Crippen LogP contribution is 2.19. The Morgan fingerprint density at radius 1 is 1.58 bits per heavy atom. The highest BCUT2D eigenvalue weighted by atomic mass is 16.5. The number of methoxy groups -OCH3 is 1. The third-order valence-electron chi connectivity index (χ3n) is 1.43. The van der Waals surface area contributed by atoms with Gasteiger partial charge in [0, 0.05) is 5.69 Å². The fourth-order valence-electron chi connectivity index (χ4n) is 0.827. The van der Waals surface area contributed by atoms with Crippen molar-refractivity contribution in [3.63, 3.8) is 0 Å². The molecule has 0 radical (unpaired) electrons. The number of nitrogens with two attached hydrogens (primary N) is 1. The molecule has 64 valence electrons. The summed E-state index contributed by atoms with van der Waals surface area (Å²) in [7, 11) is 1.24. The fraction of sp³-hybridized carbons (Fsp3) is 0.125. The lowest BCUT2D eigenvalue weighted by Gasteiger charge is -2.02. The summed E-state index contributed by atoms with van der Waals surface area (Å²) in [4.78, 5) is 10.9. The summed E-state index contributed by atoms with van der Waals surface area (Å²) in [5.74, 6) is -0.726. The van der Waals surface area contributed by atoms with Crippen LogP contribution in [0.25, 0.3) is 0 Å². The van der Waals surface area contributed by atoms with E-state index in [0.717, 1.165) is 0 Å². The Hall–Kier alpha value is -1.71. The van der Waals surface area contributed by atoms with Gasteiger partial charge in [-0.15, -0.1) is 0 Å². The molecule has 0 aromatic heterocycles. The Morgan fingerprint density at radius 3 is 2.83 bits per heavy atom. The van der Waals surface area contributed by atoms with Crippen LogP contribution in [0.4, 0.5) is 5.69 Å². The van der Waals surface area contributed by atoms with Gasteiger partial charge in [-0.05, 0) is 18.2 Å². The number of benzene rings is 1. The van der Waals surface area contributed by atoms with Crippen LogP contribution >= 0.6 is 0 Å². The van der Waals surface area contributed by atoms with Crippen molar-refractivity contribution in [2.45, 2.75) is 0 Å². The molecule has 0 fully saturated rings. The summed E-state index contributed by atoms with van der Waals surface area (Å²) in [6, 6.07) is 4.21. The van der Waals surface area contributed by atoms with Crippen molar-refractivity contribution < 1.29 is 14.6 Å². The van der Waals surface area contributed by atoms with E-state index in [4.69, 9.17) is 5.73 Å². The molecule has 4 heteroatoms. The van der Waals surface area contributed by atoms with E-state index in [0.29, 0.717) is 5.69 Å². The monoisotopic (exact) mass is 167 g/mol. The first-order valence-corrected chi connectivity index (χ1v) is 3.32. The van der Waals surface area contributed by atoms with Gasteiger partial charge in [-0.2, -0.15) is 0 Å². The summed E-state index contributed by atoms with van der Waals surface area (Å²) in [6.07, 6.45) is 0. The molecule has 1 rings (SSSR count). The van der Waals surface area contributed by atoms with Gasteiger partial charge in [0.15, 0.2) is 0 Å². The molecule has 0 amide bonds. The Balaban J connectivity index is 3.13. The van der Waals surface area contributed by atoms with E-state index in [1.54, 1.807) is 0 Å². The van der Waals surface area contributed by atoms with Crippen molar-refractivity contribution in [3.8, 4) is 5.75 Å². The number of rotatable bonds is 1. The average molecular weight is 167 g/mol. The molecular formula is C8H9NO3. The number of carbonyl (C=O) groups is 1. The first-order chi connectivity index (χ1) is 5.65. The van der Waals surface area contributed by atoms with Gasteiger partial charge in [-0.25, -0.2) is 4.79 Å². The summed E-state index contributed by atoms with van der Waals surface area (Å²) in [5.41, 5.74) is 5.89. The van der Waals surface area contributed by atoms with Crippen LogP contribution in [0.15, 0.2) is 18.2 Å². The number of nitrogen functional groups attached to an aromatic ring is 1. The molecular weight excluding hydrogens is 158 g/mol. The van der Waals surface area contributed by atoms with E-state index >= 15 is 0 Å². The molecule has 0 saturated heterocycles. The smallest absolute Gasteiger partial charge is 0.341 e. The quantitative estimate of drug-likeness (QED) is 0.368. The van der Waals surface area contributed by atoms with E-state index in [9.17, 15) is 9.90 Å². The van der Waals surface area contributed by atoms with Crippen LogP contribution in [0.3, 0.4) is 0 Å². The summed E-state index contributed by atoms with van der Waals surface area (Å²) < 4.78 is 4.42. The highest BCUT2D eigenvalue weighted by Gasteiger charge is 2.10. The molecule has 0 saturated carbocycles. The van der Waals surface area contributed by atoms with Crippen LogP contribution in [0.1, 0.15) is 10.4 Å². The van der Waals surface area contributed by atoms with E-state index in [1.807, 2.05) is 0 Å². The highest BCUT2D eigenvalue weighted by molar-refractivity contribution is 5.93. The number of hydrogen-bond donors (Lipinski definition) is 2. The van der Waals surface area contributed by atoms with Crippen LogP contribution in [0.5, 0.6) is 5.75 Å². The van der Waals surface area contributed by atoms with Crippen LogP contribution in [0.2, 0.25) is 0 Å². The Bertz CT molecular complexity index is 309. The van der Waals surface area contributed by atoms with E-state index in [1.165, 1.54) is 25.3 Å². The third-order valence-corrected chi connectivity index (χ3v) is 1.43. The average Bonchev–Trinajstić information content (AvgIpc) is 2.08. The predicted octanol–water partition coefficient (Wildman–Crippen LogP) is 0.761. The lowest BCUT2D eigenvalue weighted by molar-refractivity contribution is 0.0597. The zero-order chi connectivity index (χ0) is 9.14. The van der Waals surface area contributed by atoms with Crippen LogP contribution in [-0.4, -0.2) is 18.2 Å². The van der Waals surface area contributed by atoms with Gasteiger partial charge in [0.2, 0.25) is 0 Å². The number of aromatic hydroxyl groups is 1. The molecule has 0 bridgehead atoms. The van der Waals surface area contributed by atoms with E-state index in [2.05, 4.69) is 4.74 Å². The van der Waals surface area contributed by atoms with Crippen molar-refractivity contribution in [1.82, 2.24) is 0 Å². The van der Waals surface area contributed by atoms with Gasteiger partial charge < -0.3 is 15.6 Å². The normalized spacial score (nSPS) is 9.42. The SMILES string of the molecule is COC(=O)c1cc(N)ccc1O. The van der Waals surface area contributed by atoms with E-state index in [-0.39, 0.29) is 11.3 Å². The molecule has 0 heterocycles. The first-order valence-electron chi connectivity index (χ1n) is 3.32. The molecule has 1 aromatic carbocycles. The second kappa shape index (κ2) is 3.13.